The first-order chi connectivity index (χ1) is 13.0. The Labute approximate surface area is 168 Å². The second-order valence-corrected chi connectivity index (χ2v) is 9.15. The molecule has 27 heavy (non-hydrogen) atoms. The van der Waals surface area contributed by atoms with Gasteiger partial charge in [0.2, 0.25) is 5.91 Å². The molecule has 0 aliphatic heterocycles. The molecular weight excluding hydrogens is 378 g/mol. The molecule has 146 valence electrons. The van der Waals surface area contributed by atoms with Gasteiger partial charge in [0.1, 0.15) is 4.83 Å². The van der Waals surface area contributed by atoms with E-state index in [1.165, 1.54) is 22.2 Å². The van der Waals surface area contributed by atoms with Crippen molar-refractivity contribution in [3.63, 3.8) is 0 Å². The monoisotopic (exact) mass is 405 g/mol. The number of aryl methyl sites for hydroxylation is 1. The van der Waals surface area contributed by atoms with Crippen LogP contribution >= 0.6 is 23.1 Å². The average molecular weight is 406 g/mol. The van der Waals surface area contributed by atoms with E-state index in [-0.39, 0.29) is 17.2 Å². The molecular formula is C20H27N3O2S2. The second kappa shape index (κ2) is 9.06. The van der Waals surface area contributed by atoms with Gasteiger partial charge in [-0.25, -0.2) is 4.98 Å². The lowest BCUT2D eigenvalue weighted by atomic mass is 9.89. The van der Waals surface area contributed by atoms with E-state index in [1.54, 1.807) is 22.0 Å². The minimum absolute atomic E-state index is 0.000782. The van der Waals surface area contributed by atoms with Crippen molar-refractivity contribution >= 4 is 39.2 Å². The summed E-state index contributed by atoms with van der Waals surface area (Å²) in [6, 6.07) is 0. The van der Waals surface area contributed by atoms with Gasteiger partial charge in [-0.1, -0.05) is 38.1 Å². The van der Waals surface area contributed by atoms with Crippen LogP contribution in [0.3, 0.4) is 0 Å². The normalized spacial score (nSPS) is 16.3. The Morgan fingerprint density at radius 3 is 3.07 bits per heavy atom. The number of hydrogen-bond acceptors (Lipinski definition) is 5. The lowest BCUT2D eigenvalue weighted by molar-refractivity contribution is -0.118. The summed E-state index contributed by atoms with van der Waals surface area (Å²) in [4.78, 5) is 32.1. The first kappa shape index (κ1) is 20.1. The van der Waals surface area contributed by atoms with Crippen molar-refractivity contribution < 1.29 is 4.79 Å². The Morgan fingerprint density at radius 2 is 2.33 bits per heavy atom. The van der Waals surface area contributed by atoms with Gasteiger partial charge in [-0.3, -0.25) is 14.2 Å². The highest BCUT2D eigenvalue weighted by Gasteiger charge is 2.24. The predicted molar refractivity (Wildman–Crippen MR) is 114 cm³/mol. The predicted octanol–water partition coefficient (Wildman–Crippen LogP) is 3.78. The summed E-state index contributed by atoms with van der Waals surface area (Å²) in [6.45, 7) is 9.22. The third-order valence-electron chi connectivity index (χ3n) is 4.88. The highest BCUT2D eigenvalue weighted by atomic mass is 32.2. The minimum atomic E-state index is -0.0211. The van der Waals surface area contributed by atoms with Crippen LogP contribution < -0.4 is 10.9 Å². The van der Waals surface area contributed by atoms with Gasteiger partial charge in [0.25, 0.3) is 5.56 Å². The number of unbranched alkanes of at least 4 members (excludes halogenated alkanes) is 1. The molecule has 1 aliphatic carbocycles. The number of rotatable bonds is 8. The van der Waals surface area contributed by atoms with Crippen LogP contribution in [0.25, 0.3) is 10.2 Å². The number of nitrogens with zero attached hydrogens (tertiary/aromatic N) is 2. The molecule has 1 atom stereocenters. The van der Waals surface area contributed by atoms with E-state index in [4.69, 9.17) is 4.98 Å². The summed E-state index contributed by atoms with van der Waals surface area (Å²) < 4.78 is 1.66. The van der Waals surface area contributed by atoms with E-state index >= 15 is 0 Å². The molecule has 0 saturated heterocycles. The fourth-order valence-electron chi connectivity index (χ4n) is 3.39. The fourth-order valence-corrected chi connectivity index (χ4v) is 5.65. The summed E-state index contributed by atoms with van der Waals surface area (Å²) in [5.41, 5.74) is 1.19. The molecule has 2 aromatic heterocycles. The van der Waals surface area contributed by atoms with Crippen molar-refractivity contribution in [3.05, 3.63) is 33.4 Å². The number of allylic oxidation sites excluding steroid dienone is 1. The Morgan fingerprint density at radius 1 is 1.52 bits per heavy atom. The maximum absolute atomic E-state index is 13.2. The zero-order chi connectivity index (χ0) is 19.4. The molecule has 0 spiro atoms. The SMILES string of the molecule is C=CCn1c(SCC(=O)NCCCC)nc2sc3c(c2c1=O)CC[C@@H](C)C3. The van der Waals surface area contributed by atoms with E-state index in [0.29, 0.717) is 24.2 Å². The van der Waals surface area contributed by atoms with Crippen LogP contribution in [-0.2, 0) is 24.2 Å². The molecule has 0 unspecified atom stereocenters. The van der Waals surface area contributed by atoms with Gasteiger partial charge < -0.3 is 5.32 Å². The first-order valence-electron chi connectivity index (χ1n) is 9.60. The number of amides is 1. The van der Waals surface area contributed by atoms with Gasteiger partial charge in [-0.15, -0.1) is 17.9 Å². The third-order valence-corrected chi connectivity index (χ3v) is 7.00. The van der Waals surface area contributed by atoms with Crippen LogP contribution in [0.1, 0.15) is 43.6 Å². The molecule has 1 N–H and O–H groups in total. The average Bonchev–Trinajstić information content (AvgIpc) is 3.00. The lowest BCUT2D eigenvalue weighted by Gasteiger charge is -2.17. The molecule has 0 fully saturated rings. The Kier molecular flexibility index (Phi) is 6.76. The summed E-state index contributed by atoms with van der Waals surface area (Å²) >= 11 is 2.97. The first-order valence-corrected chi connectivity index (χ1v) is 11.4. The molecule has 1 aliphatic rings. The molecule has 0 bridgehead atoms. The molecule has 1 amide bonds. The van der Waals surface area contributed by atoms with Gasteiger partial charge in [0.05, 0.1) is 11.1 Å². The fraction of sp³-hybridized carbons (Fsp3) is 0.550. The number of aromatic nitrogens is 2. The van der Waals surface area contributed by atoms with Crippen molar-refractivity contribution in [2.45, 2.75) is 57.7 Å². The van der Waals surface area contributed by atoms with E-state index in [2.05, 4.69) is 25.7 Å². The molecule has 7 heteroatoms. The minimum Gasteiger partial charge on any atom is -0.355 e. The van der Waals surface area contributed by atoms with Gasteiger partial charge in [0, 0.05) is 18.0 Å². The number of hydrogen-bond donors (Lipinski definition) is 1. The van der Waals surface area contributed by atoms with Gasteiger partial charge >= 0.3 is 0 Å². The number of nitrogens with one attached hydrogen (secondary N) is 1. The van der Waals surface area contributed by atoms with Crippen molar-refractivity contribution in [2.75, 3.05) is 12.3 Å². The maximum atomic E-state index is 13.2. The van der Waals surface area contributed by atoms with Crippen LogP contribution in [0.15, 0.2) is 22.6 Å². The topological polar surface area (TPSA) is 64.0 Å². The maximum Gasteiger partial charge on any atom is 0.263 e. The van der Waals surface area contributed by atoms with E-state index < -0.39 is 0 Å². The molecule has 0 radical (unpaired) electrons. The number of carbonyl (C=O) groups excluding carboxylic acids is 1. The molecule has 2 aromatic rings. The Hall–Kier alpha value is -1.60. The standard InChI is InChI=1S/C20H27N3O2S2/c1-4-6-9-21-16(24)12-26-20-22-18-17(19(25)23(20)10-5-2)14-8-7-13(3)11-15(14)27-18/h5,13H,2,4,6-12H2,1,3H3,(H,21,24)/t13-/m1/s1. The van der Waals surface area contributed by atoms with Crippen molar-refractivity contribution in [1.29, 1.82) is 0 Å². The smallest absolute Gasteiger partial charge is 0.263 e. The molecule has 2 heterocycles. The number of thioether (sulfide) groups is 1. The van der Waals surface area contributed by atoms with E-state index in [1.807, 2.05) is 0 Å². The molecule has 0 aromatic carbocycles. The largest absolute Gasteiger partial charge is 0.355 e. The van der Waals surface area contributed by atoms with Crippen LogP contribution in [0.4, 0.5) is 0 Å². The molecule has 3 rings (SSSR count). The summed E-state index contributed by atoms with van der Waals surface area (Å²) in [5, 5.41) is 4.29. The van der Waals surface area contributed by atoms with Crippen LogP contribution in [0.2, 0.25) is 0 Å². The Balaban J connectivity index is 1.90. The van der Waals surface area contributed by atoms with Crippen LogP contribution in [0.5, 0.6) is 0 Å². The third kappa shape index (κ3) is 4.46. The summed E-state index contributed by atoms with van der Waals surface area (Å²) in [6.07, 6.45) is 6.83. The molecule has 0 saturated carbocycles. The van der Waals surface area contributed by atoms with Crippen molar-refractivity contribution in [3.8, 4) is 0 Å². The van der Waals surface area contributed by atoms with E-state index in [0.717, 1.165) is 42.3 Å². The zero-order valence-electron chi connectivity index (χ0n) is 16.0. The van der Waals surface area contributed by atoms with Gasteiger partial charge in [-0.05, 0) is 37.2 Å². The van der Waals surface area contributed by atoms with Crippen molar-refractivity contribution in [2.24, 2.45) is 5.92 Å². The highest BCUT2D eigenvalue weighted by Crippen LogP contribution is 2.36. The molecule has 5 nitrogen and oxygen atoms in total. The number of thiophene rings is 1. The quantitative estimate of drug-likeness (QED) is 0.314. The van der Waals surface area contributed by atoms with Crippen molar-refractivity contribution in [1.82, 2.24) is 14.9 Å². The zero-order valence-corrected chi connectivity index (χ0v) is 17.7. The lowest BCUT2D eigenvalue weighted by Crippen LogP contribution is -2.27. The summed E-state index contributed by atoms with van der Waals surface area (Å²) in [5.74, 6) is 0.898. The second-order valence-electron chi connectivity index (χ2n) is 7.12. The van der Waals surface area contributed by atoms with Gasteiger partial charge in [-0.2, -0.15) is 0 Å². The number of carbonyl (C=O) groups is 1. The highest BCUT2D eigenvalue weighted by molar-refractivity contribution is 7.99. The van der Waals surface area contributed by atoms with Crippen LogP contribution in [-0.4, -0.2) is 27.8 Å². The summed E-state index contributed by atoms with van der Waals surface area (Å²) in [7, 11) is 0. The number of fused-ring (bicyclic) bond motifs is 3. The van der Waals surface area contributed by atoms with Gasteiger partial charge in [0.15, 0.2) is 5.16 Å². The van der Waals surface area contributed by atoms with Crippen LogP contribution in [0, 0.1) is 5.92 Å². The van der Waals surface area contributed by atoms with E-state index in [9.17, 15) is 9.59 Å². The Bertz CT molecular complexity index is 901.